The molecule has 0 radical (unpaired) electrons. The minimum Gasteiger partial charge on any atom is -0.508 e. The number of hydrogen-bond acceptors (Lipinski definition) is 6. The van der Waals surface area contributed by atoms with Crippen molar-refractivity contribution >= 4 is 11.7 Å². The number of rotatable bonds is 10. The van der Waals surface area contributed by atoms with Crippen molar-refractivity contribution in [3.63, 3.8) is 0 Å². The maximum Gasteiger partial charge on any atom is 0.325 e. The van der Waals surface area contributed by atoms with Crippen molar-refractivity contribution in [2.45, 2.75) is 32.4 Å². The molecule has 27 heavy (non-hydrogen) atoms. The van der Waals surface area contributed by atoms with Crippen LogP contribution in [0, 0.1) is 0 Å². The van der Waals surface area contributed by atoms with Crippen LogP contribution in [0.15, 0.2) is 48.5 Å². The van der Waals surface area contributed by atoms with Crippen LogP contribution in [-0.2, 0) is 16.0 Å². The summed E-state index contributed by atoms with van der Waals surface area (Å²) < 4.78 is 4.88. The lowest BCUT2D eigenvalue weighted by Gasteiger charge is -2.21. The van der Waals surface area contributed by atoms with Gasteiger partial charge < -0.3 is 25.6 Å². The number of aliphatic hydroxyl groups is 1. The number of carbonyl (C=O) groups excluding carboxylic acids is 1. The van der Waals surface area contributed by atoms with Crippen LogP contribution in [0.25, 0.3) is 0 Å². The second-order valence-electron chi connectivity index (χ2n) is 6.38. The summed E-state index contributed by atoms with van der Waals surface area (Å²) in [4.78, 5) is 11.3. The molecule has 0 aliphatic heterocycles. The largest absolute Gasteiger partial charge is 0.508 e. The molecule has 0 spiro atoms. The Morgan fingerprint density at radius 2 is 1.78 bits per heavy atom. The van der Waals surface area contributed by atoms with E-state index in [1.54, 1.807) is 31.2 Å². The Bertz CT molecular complexity index is 701. The number of nitrogens with one attached hydrogen (secondary N) is 2. The number of ether oxygens (including phenoxy) is 1. The van der Waals surface area contributed by atoms with Gasteiger partial charge in [0.05, 0.1) is 12.7 Å². The summed E-state index contributed by atoms with van der Waals surface area (Å²) >= 11 is 0. The highest BCUT2D eigenvalue weighted by molar-refractivity contribution is 5.74. The first-order chi connectivity index (χ1) is 13.0. The van der Waals surface area contributed by atoms with E-state index in [1.165, 1.54) is 0 Å². The summed E-state index contributed by atoms with van der Waals surface area (Å²) in [5.41, 5.74) is 2.80. The van der Waals surface area contributed by atoms with Gasteiger partial charge in [0.25, 0.3) is 0 Å². The predicted molar refractivity (Wildman–Crippen MR) is 106 cm³/mol. The van der Waals surface area contributed by atoms with Crippen molar-refractivity contribution in [1.82, 2.24) is 5.32 Å². The summed E-state index contributed by atoms with van der Waals surface area (Å²) in [7, 11) is 0. The van der Waals surface area contributed by atoms with E-state index in [2.05, 4.69) is 10.6 Å². The fraction of sp³-hybridized carbons (Fsp3) is 0.381. The fourth-order valence-electron chi connectivity index (χ4n) is 2.69. The normalized spacial score (nSPS) is 13.0. The van der Waals surface area contributed by atoms with Crippen LogP contribution in [0.2, 0.25) is 0 Å². The molecule has 0 saturated carbocycles. The number of aromatic hydroxyl groups is 1. The van der Waals surface area contributed by atoms with Gasteiger partial charge in [-0.3, -0.25) is 4.79 Å². The summed E-state index contributed by atoms with van der Waals surface area (Å²) in [6.45, 7) is 4.98. The molecule has 0 heterocycles. The van der Waals surface area contributed by atoms with Gasteiger partial charge >= 0.3 is 5.97 Å². The van der Waals surface area contributed by atoms with Crippen LogP contribution >= 0.6 is 0 Å². The number of hydrogen-bond donors (Lipinski definition) is 4. The Morgan fingerprint density at radius 3 is 2.41 bits per heavy atom. The molecule has 0 aromatic heterocycles. The number of benzene rings is 2. The molecule has 146 valence electrons. The molecule has 2 aromatic rings. The molecule has 6 heteroatoms. The zero-order chi connectivity index (χ0) is 19.6. The van der Waals surface area contributed by atoms with Gasteiger partial charge in [0.2, 0.25) is 0 Å². The smallest absolute Gasteiger partial charge is 0.325 e. The molecule has 2 atom stereocenters. The van der Waals surface area contributed by atoms with Crippen molar-refractivity contribution < 1.29 is 19.7 Å². The van der Waals surface area contributed by atoms with Gasteiger partial charge in [-0.15, -0.1) is 0 Å². The minimum atomic E-state index is -0.639. The molecule has 0 bridgehead atoms. The van der Waals surface area contributed by atoms with Crippen molar-refractivity contribution in [1.29, 1.82) is 0 Å². The van der Waals surface area contributed by atoms with E-state index in [1.807, 2.05) is 31.2 Å². The van der Waals surface area contributed by atoms with E-state index >= 15 is 0 Å². The third kappa shape index (κ3) is 6.92. The van der Waals surface area contributed by atoms with E-state index in [9.17, 15) is 15.0 Å². The Balaban J connectivity index is 1.74. The quantitative estimate of drug-likeness (QED) is 0.479. The number of anilines is 1. The molecule has 4 N–H and O–H groups in total. The molecular weight excluding hydrogens is 344 g/mol. The molecule has 0 saturated heterocycles. The van der Waals surface area contributed by atoms with Crippen LogP contribution in [0.1, 0.15) is 31.1 Å². The van der Waals surface area contributed by atoms with Gasteiger partial charge in [0.1, 0.15) is 12.3 Å². The summed E-state index contributed by atoms with van der Waals surface area (Å²) in [5.74, 6) is -0.0845. The highest BCUT2D eigenvalue weighted by Gasteiger charge is 2.15. The Hall–Kier alpha value is -2.57. The second-order valence-corrected chi connectivity index (χ2v) is 6.38. The fourth-order valence-corrected chi connectivity index (χ4v) is 2.69. The topological polar surface area (TPSA) is 90.8 Å². The van der Waals surface area contributed by atoms with Crippen molar-refractivity contribution in [3.05, 3.63) is 59.7 Å². The van der Waals surface area contributed by atoms with Crippen LogP contribution in [0.3, 0.4) is 0 Å². The molecular formula is C21H28N2O4. The van der Waals surface area contributed by atoms with Crippen LogP contribution in [-0.4, -0.2) is 41.9 Å². The molecule has 6 nitrogen and oxygen atoms in total. The van der Waals surface area contributed by atoms with Crippen LogP contribution in [0.5, 0.6) is 5.75 Å². The highest BCUT2D eigenvalue weighted by atomic mass is 16.5. The third-order valence-corrected chi connectivity index (χ3v) is 4.28. The lowest BCUT2D eigenvalue weighted by molar-refractivity contribution is -0.140. The second kappa shape index (κ2) is 10.5. The predicted octanol–water partition coefficient (Wildman–Crippen LogP) is 2.62. The lowest BCUT2D eigenvalue weighted by Crippen LogP contribution is -2.33. The summed E-state index contributed by atoms with van der Waals surface area (Å²) in [6.07, 6.45) is 0.185. The number of carbonyl (C=O) groups is 1. The number of phenols is 1. The van der Waals surface area contributed by atoms with Crippen molar-refractivity contribution in [2.24, 2.45) is 0 Å². The van der Waals surface area contributed by atoms with Gasteiger partial charge in [0, 0.05) is 11.7 Å². The zero-order valence-electron chi connectivity index (χ0n) is 15.8. The first kappa shape index (κ1) is 20.7. The standard InChI is InChI=1S/C21H28N2O4/c1-3-27-20(25)14-23-18-8-4-16(5-9-18)12-13-22-15(2)21(26)17-6-10-19(24)11-7-17/h4-11,15,21-24,26H,3,12-14H2,1-2H3/t15-,21-/m0/s1. The van der Waals surface area contributed by atoms with E-state index in [0.717, 1.165) is 29.8 Å². The summed E-state index contributed by atoms with van der Waals surface area (Å²) in [5, 5.41) is 26.0. The first-order valence-corrected chi connectivity index (χ1v) is 9.18. The van der Waals surface area contributed by atoms with Crippen LogP contribution in [0.4, 0.5) is 5.69 Å². The van der Waals surface area contributed by atoms with Crippen molar-refractivity contribution in [3.8, 4) is 5.75 Å². The molecule has 0 fully saturated rings. The SMILES string of the molecule is CCOC(=O)CNc1ccc(CCN[C@@H](C)[C@H](O)c2ccc(O)cc2)cc1. The van der Waals surface area contributed by atoms with E-state index in [0.29, 0.717) is 6.61 Å². The van der Waals surface area contributed by atoms with Gasteiger partial charge in [-0.25, -0.2) is 0 Å². The number of aliphatic hydroxyl groups excluding tert-OH is 1. The highest BCUT2D eigenvalue weighted by Crippen LogP contribution is 2.19. The van der Waals surface area contributed by atoms with Crippen molar-refractivity contribution in [2.75, 3.05) is 25.0 Å². The Kier molecular flexibility index (Phi) is 8.10. The van der Waals surface area contributed by atoms with E-state index in [-0.39, 0.29) is 24.3 Å². The molecule has 0 aliphatic carbocycles. The van der Waals surface area contributed by atoms with Gasteiger partial charge in [-0.2, -0.15) is 0 Å². The molecule has 0 aliphatic rings. The minimum absolute atomic E-state index is 0.111. The summed E-state index contributed by atoms with van der Waals surface area (Å²) in [6, 6.07) is 14.4. The Morgan fingerprint density at radius 1 is 1.11 bits per heavy atom. The maximum atomic E-state index is 11.3. The number of esters is 1. The molecule has 0 amide bonds. The van der Waals surface area contributed by atoms with Gasteiger partial charge in [-0.1, -0.05) is 24.3 Å². The van der Waals surface area contributed by atoms with Crippen LogP contribution < -0.4 is 10.6 Å². The molecule has 0 unspecified atom stereocenters. The Labute approximate surface area is 160 Å². The lowest BCUT2D eigenvalue weighted by atomic mass is 10.0. The average molecular weight is 372 g/mol. The third-order valence-electron chi connectivity index (χ3n) is 4.28. The molecule has 2 aromatic carbocycles. The molecule has 2 rings (SSSR count). The van der Waals surface area contributed by atoms with Gasteiger partial charge in [0.15, 0.2) is 0 Å². The average Bonchev–Trinajstić information content (AvgIpc) is 2.67. The monoisotopic (exact) mass is 372 g/mol. The first-order valence-electron chi connectivity index (χ1n) is 9.18. The van der Waals surface area contributed by atoms with E-state index in [4.69, 9.17) is 4.74 Å². The zero-order valence-corrected chi connectivity index (χ0v) is 15.8. The number of phenolic OH excluding ortho intramolecular Hbond substituents is 1. The van der Waals surface area contributed by atoms with E-state index < -0.39 is 6.10 Å². The maximum absolute atomic E-state index is 11.3. The van der Waals surface area contributed by atoms with Gasteiger partial charge in [-0.05, 0) is 62.2 Å².